The van der Waals surface area contributed by atoms with Gasteiger partial charge in [-0.2, -0.15) is 0 Å². The van der Waals surface area contributed by atoms with Crippen LogP contribution in [0.4, 0.5) is 4.39 Å². The molecule has 3 heteroatoms. The summed E-state index contributed by atoms with van der Waals surface area (Å²) in [6.07, 6.45) is -0.375. The summed E-state index contributed by atoms with van der Waals surface area (Å²) < 4.78 is 13.2. The first-order valence-electron chi connectivity index (χ1n) is 6.16. The molecule has 0 aliphatic carbocycles. The highest BCUT2D eigenvalue weighted by atomic mass is 35.5. The summed E-state index contributed by atoms with van der Waals surface area (Å²) in [4.78, 5) is 0. The van der Waals surface area contributed by atoms with Crippen LogP contribution in [0.15, 0.2) is 36.4 Å². The van der Waals surface area contributed by atoms with Gasteiger partial charge in [0, 0.05) is 11.4 Å². The number of hydrogen-bond donors (Lipinski definition) is 1. The Morgan fingerprint density at radius 2 is 1.89 bits per heavy atom. The van der Waals surface area contributed by atoms with Crippen molar-refractivity contribution in [3.63, 3.8) is 0 Å². The third-order valence-electron chi connectivity index (χ3n) is 3.21. The highest BCUT2D eigenvalue weighted by molar-refractivity contribution is 6.31. The Bertz CT molecular complexity index is 595. The number of aryl methyl sites for hydroxylation is 2. The maximum atomic E-state index is 13.2. The fourth-order valence-electron chi connectivity index (χ4n) is 2.14. The van der Waals surface area contributed by atoms with Gasteiger partial charge in [-0.25, -0.2) is 4.39 Å². The van der Waals surface area contributed by atoms with E-state index in [0.717, 1.165) is 16.7 Å². The molecule has 2 rings (SSSR count). The second kappa shape index (κ2) is 5.72. The van der Waals surface area contributed by atoms with Gasteiger partial charge >= 0.3 is 0 Å². The van der Waals surface area contributed by atoms with E-state index in [1.807, 2.05) is 32.0 Å². The zero-order chi connectivity index (χ0) is 14.0. The molecule has 1 unspecified atom stereocenters. The molecule has 0 heterocycles. The first kappa shape index (κ1) is 14.0. The molecule has 0 aliphatic rings. The van der Waals surface area contributed by atoms with Crippen LogP contribution >= 0.6 is 11.6 Å². The van der Waals surface area contributed by atoms with Gasteiger partial charge in [0.1, 0.15) is 5.82 Å². The number of halogens is 2. The number of benzene rings is 2. The van der Waals surface area contributed by atoms with Crippen LogP contribution in [-0.4, -0.2) is 5.11 Å². The van der Waals surface area contributed by atoms with E-state index < -0.39 is 6.10 Å². The van der Waals surface area contributed by atoms with Crippen LogP contribution in [0.2, 0.25) is 5.02 Å². The van der Waals surface area contributed by atoms with Gasteiger partial charge in [0.25, 0.3) is 0 Å². The van der Waals surface area contributed by atoms with E-state index in [9.17, 15) is 9.50 Å². The number of rotatable bonds is 3. The highest BCUT2D eigenvalue weighted by Gasteiger charge is 2.14. The van der Waals surface area contributed by atoms with E-state index in [-0.39, 0.29) is 5.82 Å². The van der Waals surface area contributed by atoms with Gasteiger partial charge < -0.3 is 5.11 Å². The molecule has 0 saturated heterocycles. The second-order valence-corrected chi connectivity index (χ2v) is 5.22. The fourth-order valence-corrected chi connectivity index (χ4v) is 2.33. The number of aliphatic hydroxyl groups is 1. The van der Waals surface area contributed by atoms with Crippen LogP contribution < -0.4 is 0 Å². The third kappa shape index (κ3) is 3.34. The first-order chi connectivity index (χ1) is 8.97. The summed E-state index contributed by atoms with van der Waals surface area (Å²) in [6, 6.07) is 10.1. The summed E-state index contributed by atoms with van der Waals surface area (Å²) in [5.74, 6) is -0.340. The minimum Gasteiger partial charge on any atom is -0.388 e. The lowest BCUT2D eigenvalue weighted by molar-refractivity contribution is 0.177. The van der Waals surface area contributed by atoms with Gasteiger partial charge in [0.05, 0.1) is 6.10 Å². The molecule has 100 valence electrons. The van der Waals surface area contributed by atoms with Crippen LogP contribution in [0.5, 0.6) is 0 Å². The van der Waals surface area contributed by atoms with Crippen molar-refractivity contribution >= 4 is 11.6 Å². The molecule has 0 amide bonds. The van der Waals surface area contributed by atoms with Crippen LogP contribution in [0.1, 0.15) is 28.4 Å². The fraction of sp³-hybridized carbons (Fsp3) is 0.250. The van der Waals surface area contributed by atoms with Crippen molar-refractivity contribution < 1.29 is 9.50 Å². The molecule has 19 heavy (non-hydrogen) atoms. The molecule has 1 atom stereocenters. The Morgan fingerprint density at radius 3 is 2.63 bits per heavy atom. The van der Waals surface area contributed by atoms with E-state index in [1.165, 1.54) is 18.2 Å². The standard InChI is InChI=1S/C16H16ClFO/c1-10-3-4-11(2)14(7-10)16(19)9-12-8-13(18)5-6-15(12)17/h3-8,16,19H,9H2,1-2H3. The Labute approximate surface area is 117 Å². The summed E-state index contributed by atoms with van der Waals surface area (Å²) >= 11 is 6.02. The van der Waals surface area contributed by atoms with E-state index in [4.69, 9.17) is 11.6 Å². The lowest BCUT2D eigenvalue weighted by Gasteiger charge is -2.15. The normalized spacial score (nSPS) is 12.5. The lowest BCUT2D eigenvalue weighted by Crippen LogP contribution is -2.05. The van der Waals surface area contributed by atoms with E-state index >= 15 is 0 Å². The van der Waals surface area contributed by atoms with Crippen LogP contribution in [0, 0.1) is 19.7 Å². The topological polar surface area (TPSA) is 20.2 Å². The molecular weight excluding hydrogens is 263 g/mol. The average molecular weight is 279 g/mol. The summed E-state index contributed by atoms with van der Waals surface area (Å²) in [5, 5.41) is 10.8. The maximum Gasteiger partial charge on any atom is 0.123 e. The maximum absolute atomic E-state index is 13.2. The van der Waals surface area contributed by atoms with E-state index in [1.54, 1.807) is 0 Å². The van der Waals surface area contributed by atoms with Crippen molar-refractivity contribution in [1.82, 2.24) is 0 Å². The average Bonchev–Trinajstić information content (AvgIpc) is 2.36. The summed E-state index contributed by atoms with van der Waals surface area (Å²) in [6.45, 7) is 3.93. The predicted molar refractivity (Wildman–Crippen MR) is 76.0 cm³/mol. The van der Waals surface area contributed by atoms with E-state index in [2.05, 4.69) is 0 Å². The molecule has 0 aliphatic heterocycles. The van der Waals surface area contributed by atoms with Gasteiger partial charge in [-0.1, -0.05) is 35.4 Å². The zero-order valence-electron chi connectivity index (χ0n) is 11.0. The molecule has 0 saturated carbocycles. The van der Waals surface area contributed by atoms with Gasteiger partial charge in [-0.3, -0.25) is 0 Å². The molecule has 1 nitrogen and oxygen atoms in total. The van der Waals surface area contributed by atoms with Crippen LogP contribution in [0.3, 0.4) is 0 Å². The Balaban J connectivity index is 2.27. The van der Waals surface area contributed by atoms with Crippen molar-refractivity contribution in [1.29, 1.82) is 0 Å². The largest absolute Gasteiger partial charge is 0.388 e. The number of hydrogen-bond acceptors (Lipinski definition) is 1. The van der Waals surface area contributed by atoms with Gasteiger partial charge in [-0.15, -0.1) is 0 Å². The Hall–Kier alpha value is -1.38. The van der Waals surface area contributed by atoms with Crippen molar-refractivity contribution in [3.8, 4) is 0 Å². The predicted octanol–water partition coefficient (Wildman–Crippen LogP) is 4.37. The van der Waals surface area contributed by atoms with Crippen molar-refractivity contribution in [2.75, 3.05) is 0 Å². The summed E-state index contributed by atoms with van der Waals surface area (Å²) in [5.41, 5.74) is 3.59. The third-order valence-corrected chi connectivity index (χ3v) is 3.58. The molecule has 1 N–H and O–H groups in total. The minimum atomic E-state index is -0.681. The lowest BCUT2D eigenvalue weighted by atomic mass is 9.96. The Morgan fingerprint density at radius 1 is 1.16 bits per heavy atom. The number of aliphatic hydroxyl groups excluding tert-OH is 1. The molecule has 0 bridgehead atoms. The van der Waals surface area contributed by atoms with E-state index in [0.29, 0.717) is 17.0 Å². The van der Waals surface area contributed by atoms with Crippen molar-refractivity contribution in [3.05, 3.63) is 69.5 Å². The molecule has 0 radical (unpaired) electrons. The van der Waals surface area contributed by atoms with Crippen molar-refractivity contribution in [2.45, 2.75) is 26.4 Å². The highest BCUT2D eigenvalue weighted by Crippen LogP contribution is 2.26. The smallest absolute Gasteiger partial charge is 0.123 e. The van der Waals surface area contributed by atoms with Crippen LogP contribution in [0.25, 0.3) is 0 Å². The quantitative estimate of drug-likeness (QED) is 0.884. The zero-order valence-corrected chi connectivity index (χ0v) is 11.7. The summed E-state index contributed by atoms with van der Waals surface area (Å²) in [7, 11) is 0. The SMILES string of the molecule is Cc1ccc(C)c(C(O)Cc2cc(F)ccc2Cl)c1. The van der Waals surface area contributed by atoms with Crippen molar-refractivity contribution in [2.24, 2.45) is 0 Å². The Kier molecular flexibility index (Phi) is 4.23. The molecule has 0 spiro atoms. The molecule has 0 fully saturated rings. The van der Waals surface area contributed by atoms with Gasteiger partial charge in [0.2, 0.25) is 0 Å². The first-order valence-corrected chi connectivity index (χ1v) is 6.54. The molecule has 0 aromatic heterocycles. The monoisotopic (exact) mass is 278 g/mol. The molecular formula is C16H16ClFO. The molecule has 2 aromatic rings. The van der Waals surface area contributed by atoms with Crippen LogP contribution in [-0.2, 0) is 6.42 Å². The second-order valence-electron chi connectivity index (χ2n) is 4.82. The van der Waals surface area contributed by atoms with Gasteiger partial charge in [0.15, 0.2) is 0 Å². The molecule has 2 aromatic carbocycles. The van der Waals surface area contributed by atoms with Gasteiger partial charge in [-0.05, 0) is 48.7 Å². The minimum absolute atomic E-state index is 0.306.